The van der Waals surface area contributed by atoms with Gasteiger partial charge in [-0.2, -0.15) is 0 Å². The van der Waals surface area contributed by atoms with Gasteiger partial charge in [0.2, 0.25) is 0 Å². The Balaban J connectivity index is 1.48. The number of fused-ring (bicyclic) bond motifs is 3. The third-order valence-electron chi connectivity index (χ3n) is 5.95. The van der Waals surface area contributed by atoms with Crippen molar-refractivity contribution in [2.24, 2.45) is 0 Å². The minimum absolute atomic E-state index is 0.253. The number of hydrogen-bond acceptors (Lipinski definition) is 3. The molecule has 0 spiro atoms. The van der Waals surface area contributed by atoms with Crippen molar-refractivity contribution in [3.05, 3.63) is 80.7 Å². The van der Waals surface area contributed by atoms with Crippen LogP contribution in [0.1, 0.15) is 53.1 Å². The first-order valence-electron chi connectivity index (χ1n) is 9.68. The predicted octanol–water partition coefficient (Wildman–Crippen LogP) is 4.45. The molecule has 0 fully saturated rings. The lowest BCUT2D eigenvalue weighted by atomic mass is 9.87. The maximum Gasteiger partial charge on any atom is 0.336 e. The van der Waals surface area contributed by atoms with E-state index in [9.17, 15) is 4.79 Å². The SMILES string of the molecule is O=c1cc(CN[C@@H]2CCCc3ccccc32)c2cc3c(cc2o1)CCC3. The first-order chi connectivity index (χ1) is 12.8. The molecule has 26 heavy (non-hydrogen) atoms. The van der Waals surface area contributed by atoms with Crippen LogP contribution < -0.4 is 10.9 Å². The van der Waals surface area contributed by atoms with Crippen LogP contribution in [0.25, 0.3) is 11.0 Å². The van der Waals surface area contributed by atoms with Crippen LogP contribution in [0.15, 0.2) is 51.7 Å². The maximum absolute atomic E-state index is 12.1. The zero-order valence-electron chi connectivity index (χ0n) is 14.9. The average Bonchev–Trinajstić information content (AvgIpc) is 3.11. The molecule has 2 aliphatic rings. The third-order valence-corrected chi connectivity index (χ3v) is 5.95. The molecule has 1 atom stereocenters. The van der Waals surface area contributed by atoms with Crippen LogP contribution in [0.4, 0.5) is 0 Å². The van der Waals surface area contributed by atoms with Crippen LogP contribution in [-0.4, -0.2) is 0 Å². The molecule has 3 aromatic rings. The quantitative estimate of drug-likeness (QED) is 0.713. The van der Waals surface area contributed by atoms with E-state index in [1.54, 1.807) is 6.07 Å². The highest BCUT2D eigenvalue weighted by Gasteiger charge is 2.20. The Kier molecular flexibility index (Phi) is 3.90. The smallest absolute Gasteiger partial charge is 0.336 e. The molecule has 3 nitrogen and oxygen atoms in total. The van der Waals surface area contributed by atoms with E-state index < -0.39 is 0 Å². The van der Waals surface area contributed by atoms with Gasteiger partial charge in [-0.3, -0.25) is 0 Å². The van der Waals surface area contributed by atoms with E-state index in [0.29, 0.717) is 12.6 Å². The van der Waals surface area contributed by atoms with Crippen LogP contribution in [0.5, 0.6) is 0 Å². The fourth-order valence-electron chi connectivity index (χ4n) is 4.64. The molecule has 5 rings (SSSR count). The van der Waals surface area contributed by atoms with Crippen LogP contribution in [0, 0.1) is 0 Å². The van der Waals surface area contributed by atoms with Gasteiger partial charge in [0.15, 0.2) is 0 Å². The Morgan fingerprint density at radius 3 is 2.69 bits per heavy atom. The summed E-state index contributed by atoms with van der Waals surface area (Å²) in [6.07, 6.45) is 6.94. The second-order valence-corrected chi connectivity index (χ2v) is 7.59. The van der Waals surface area contributed by atoms with Crippen molar-refractivity contribution in [3.63, 3.8) is 0 Å². The molecule has 132 valence electrons. The minimum atomic E-state index is -0.253. The van der Waals surface area contributed by atoms with Crippen molar-refractivity contribution < 1.29 is 4.42 Å². The van der Waals surface area contributed by atoms with Crippen molar-refractivity contribution in [1.29, 1.82) is 0 Å². The van der Waals surface area contributed by atoms with Crippen LogP contribution in [0.3, 0.4) is 0 Å². The Morgan fingerprint density at radius 2 is 1.77 bits per heavy atom. The second kappa shape index (κ2) is 6.40. The van der Waals surface area contributed by atoms with Gasteiger partial charge in [-0.05, 0) is 78.5 Å². The first-order valence-corrected chi connectivity index (χ1v) is 9.68. The Bertz CT molecular complexity index is 1030. The molecular formula is C23H23NO2. The van der Waals surface area contributed by atoms with Gasteiger partial charge in [0.05, 0.1) is 0 Å². The zero-order chi connectivity index (χ0) is 17.5. The van der Waals surface area contributed by atoms with E-state index in [4.69, 9.17) is 4.42 Å². The number of aryl methyl sites for hydroxylation is 3. The Morgan fingerprint density at radius 1 is 0.962 bits per heavy atom. The topological polar surface area (TPSA) is 42.2 Å². The first kappa shape index (κ1) is 15.8. The molecule has 2 aliphatic carbocycles. The van der Waals surface area contributed by atoms with Gasteiger partial charge in [0.1, 0.15) is 5.58 Å². The Hall–Kier alpha value is -2.39. The molecule has 0 aliphatic heterocycles. The summed E-state index contributed by atoms with van der Waals surface area (Å²) < 4.78 is 5.49. The monoisotopic (exact) mass is 345 g/mol. The number of nitrogens with one attached hydrogen (secondary N) is 1. The summed E-state index contributed by atoms with van der Waals surface area (Å²) in [6.45, 7) is 0.694. The highest BCUT2D eigenvalue weighted by Crippen LogP contribution is 2.31. The molecule has 0 saturated heterocycles. The van der Waals surface area contributed by atoms with E-state index in [1.165, 1.54) is 41.5 Å². The minimum Gasteiger partial charge on any atom is -0.423 e. The van der Waals surface area contributed by atoms with Crippen molar-refractivity contribution in [2.45, 2.75) is 51.1 Å². The summed E-state index contributed by atoms with van der Waals surface area (Å²) >= 11 is 0. The van der Waals surface area contributed by atoms with E-state index in [0.717, 1.165) is 35.8 Å². The Labute approximate surface area is 153 Å². The summed E-state index contributed by atoms with van der Waals surface area (Å²) in [4.78, 5) is 12.1. The molecule has 0 bridgehead atoms. The normalized spacial score (nSPS) is 18.7. The molecule has 3 heteroatoms. The van der Waals surface area contributed by atoms with E-state index in [-0.39, 0.29) is 5.63 Å². The summed E-state index contributed by atoms with van der Waals surface area (Å²) in [6, 6.07) is 15.1. The molecular weight excluding hydrogens is 322 g/mol. The van der Waals surface area contributed by atoms with Gasteiger partial charge in [-0.25, -0.2) is 4.79 Å². The van der Waals surface area contributed by atoms with Crippen molar-refractivity contribution in [1.82, 2.24) is 5.32 Å². The molecule has 2 aromatic carbocycles. The standard InChI is InChI=1S/C23H23NO2/c25-23-13-18(20-11-16-7-3-8-17(16)12-22(20)26-23)14-24-21-10-4-6-15-5-1-2-9-19(15)21/h1-2,5,9,11-13,21,24H,3-4,6-8,10,14H2/t21-/m1/s1. The fraction of sp³-hybridized carbons (Fsp3) is 0.348. The van der Waals surface area contributed by atoms with Crippen LogP contribution >= 0.6 is 0 Å². The van der Waals surface area contributed by atoms with Crippen LogP contribution in [0.2, 0.25) is 0 Å². The van der Waals surface area contributed by atoms with E-state index in [2.05, 4.69) is 41.7 Å². The molecule has 1 aromatic heterocycles. The number of benzene rings is 2. The second-order valence-electron chi connectivity index (χ2n) is 7.59. The highest BCUT2D eigenvalue weighted by atomic mass is 16.4. The molecule has 0 amide bonds. The molecule has 0 radical (unpaired) electrons. The van der Waals surface area contributed by atoms with E-state index >= 15 is 0 Å². The lowest BCUT2D eigenvalue weighted by Crippen LogP contribution is -2.25. The van der Waals surface area contributed by atoms with Gasteiger partial charge >= 0.3 is 5.63 Å². The van der Waals surface area contributed by atoms with Gasteiger partial charge < -0.3 is 9.73 Å². The predicted molar refractivity (Wildman–Crippen MR) is 103 cm³/mol. The number of hydrogen-bond donors (Lipinski definition) is 1. The van der Waals surface area contributed by atoms with Crippen molar-refractivity contribution >= 4 is 11.0 Å². The molecule has 0 saturated carbocycles. The van der Waals surface area contributed by atoms with Gasteiger partial charge in [-0.15, -0.1) is 0 Å². The summed E-state index contributed by atoms with van der Waals surface area (Å²) in [5.74, 6) is 0. The van der Waals surface area contributed by atoms with Crippen LogP contribution in [-0.2, 0) is 25.8 Å². The lowest BCUT2D eigenvalue weighted by molar-refractivity contribution is 0.458. The summed E-state index contributed by atoms with van der Waals surface area (Å²) in [5, 5.41) is 4.79. The summed E-state index contributed by atoms with van der Waals surface area (Å²) in [5.41, 5.74) is 7.14. The number of rotatable bonds is 3. The van der Waals surface area contributed by atoms with Crippen molar-refractivity contribution in [3.8, 4) is 0 Å². The third kappa shape index (κ3) is 2.77. The average molecular weight is 345 g/mol. The highest BCUT2D eigenvalue weighted by molar-refractivity contribution is 5.82. The molecule has 1 N–H and O–H groups in total. The fourth-order valence-corrected chi connectivity index (χ4v) is 4.64. The van der Waals surface area contributed by atoms with Crippen molar-refractivity contribution in [2.75, 3.05) is 0 Å². The van der Waals surface area contributed by atoms with Gasteiger partial charge in [0.25, 0.3) is 0 Å². The molecule has 0 unspecified atom stereocenters. The van der Waals surface area contributed by atoms with Gasteiger partial charge in [0, 0.05) is 24.0 Å². The van der Waals surface area contributed by atoms with Gasteiger partial charge in [-0.1, -0.05) is 24.3 Å². The zero-order valence-corrected chi connectivity index (χ0v) is 14.9. The maximum atomic E-state index is 12.1. The van der Waals surface area contributed by atoms with E-state index in [1.807, 2.05) is 0 Å². The lowest BCUT2D eigenvalue weighted by Gasteiger charge is -2.26. The largest absolute Gasteiger partial charge is 0.423 e. The molecule has 1 heterocycles. The summed E-state index contributed by atoms with van der Waals surface area (Å²) in [7, 11) is 0.